The van der Waals surface area contributed by atoms with E-state index in [4.69, 9.17) is 9.47 Å². The Morgan fingerprint density at radius 3 is 2.68 bits per heavy atom. The van der Waals surface area contributed by atoms with Gasteiger partial charge in [0, 0.05) is 37.8 Å². The minimum atomic E-state index is -3.72. The molecule has 34 heavy (non-hydrogen) atoms. The average molecular weight is 483 g/mol. The molecule has 2 fully saturated rings. The summed E-state index contributed by atoms with van der Waals surface area (Å²) < 4.78 is 38.8. The highest BCUT2D eigenvalue weighted by molar-refractivity contribution is 7.89. The van der Waals surface area contributed by atoms with Crippen LogP contribution in [-0.4, -0.2) is 74.2 Å². The van der Waals surface area contributed by atoms with E-state index in [1.54, 1.807) is 18.3 Å². The Labute approximate surface area is 198 Å². The molecule has 0 bridgehead atoms. The Bertz CT molecular complexity index is 1290. The van der Waals surface area contributed by atoms with Gasteiger partial charge in [-0.1, -0.05) is 6.07 Å². The van der Waals surface area contributed by atoms with Crippen molar-refractivity contribution in [3.05, 3.63) is 54.2 Å². The normalized spacial score (nSPS) is 19.4. The smallest absolute Gasteiger partial charge is 0.252 e. The van der Waals surface area contributed by atoms with Crippen molar-refractivity contribution in [3.63, 3.8) is 0 Å². The van der Waals surface area contributed by atoms with E-state index < -0.39 is 10.0 Å². The number of hydrogen-bond acceptors (Lipinski definition) is 7. The zero-order valence-electron chi connectivity index (χ0n) is 18.6. The highest BCUT2D eigenvalue weighted by Gasteiger charge is 2.27. The Balaban J connectivity index is 1.56. The fraction of sp³-hybridized carbons (Fsp3) is 0.375. The lowest BCUT2D eigenvalue weighted by atomic mass is 10.1. The second kappa shape index (κ2) is 9.75. The molecule has 2 aliphatic heterocycles. The molecule has 10 heteroatoms. The predicted molar refractivity (Wildman–Crippen MR) is 126 cm³/mol. The molecule has 4 heterocycles. The van der Waals surface area contributed by atoms with Gasteiger partial charge < -0.3 is 14.8 Å². The number of hydrogen-bond donors (Lipinski definition) is 1. The van der Waals surface area contributed by atoms with Gasteiger partial charge in [0.25, 0.3) is 5.91 Å². The maximum Gasteiger partial charge on any atom is 0.252 e. The fourth-order valence-corrected chi connectivity index (χ4v) is 5.68. The van der Waals surface area contributed by atoms with Crippen LogP contribution in [0.1, 0.15) is 23.2 Å². The molecule has 0 unspecified atom stereocenters. The van der Waals surface area contributed by atoms with E-state index in [1.165, 1.54) is 16.4 Å². The number of benzene rings is 1. The second-order valence-corrected chi connectivity index (χ2v) is 10.2. The third-order valence-electron chi connectivity index (χ3n) is 6.07. The maximum absolute atomic E-state index is 13.3. The number of aromatic nitrogens is 2. The number of ether oxygens (including phenoxy) is 2. The molecular formula is C24H26N4O5S. The van der Waals surface area contributed by atoms with Crippen LogP contribution in [-0.2, 0) is 19.5 Å². The van der Waals surface area contributed by atoms with Gasteiger partial charge in [-0.25, -0.2) is 13.4 Å². The van der Waals surface area contributed by atoms with Crippen LogP contribution in [0, 0.1) is 0 Å². The summed E-state index contributed by atoms with van der Waals surface area (Å²) in [5.41, 5.74) is 2.04. The topological polar surface area (TPSA) is 111 Å². The van der Waals surface area contributed by atoms with Crippen molar-refractivity contribution < 1.29 is 22.7 Å². The van der Waals surface area contributed by atoms with Crippen molar-refractivity contribution in [1.29, 1.82) is 0 Å². The van der Waals surface area contributed by atoms with E-state index in [1.807, 2.05) is 18.2 Å². The van der Waals surface area contributed by atoms with E-state index in [0.717, 1.165) is 12.8 Å². The first-order valence-corrected chi connectivity index (χ1v) is 12.8. The van der Waals surface area contributed by atoms with Crippen molar-refractivity contribution in [3.8, 4) is 11.4 Å². The zero-order valence-corrected chi connectivity index (χ0v) is 19.5. The number of pyridine rings is 2. The van der Waals surface area contributed by atoms with Gasteiger partial charge in [0.05, 0.1) is 46.7 Å². The molecule has 2 aliphatic rings. The molecule has 3 aromatic rings. The molecule has 5 rings (SSSR count). The molecule has 0 radical (unpaired) electrons. The summed E-state index contributed by atoms with van der Waals surface area (Å²) >= 11 is 0. The molecule has 178 valence electrons. The molecule has 1 N–H and O–H groups in total. The standard InChI is InChI=1S/C24H26N4O5S/c29-24(26-16-17-4-3-11-33-17)20-15-23(22-5-1-2-8-25-22)27-21-7-6-18(14-19(20)21)34(30,31)28-9-12-32-13-10-28/h1-2,5-8,14-15,17H,3-4,9-13,16H2,(H,26,29)/t17-/m0/s1. The molecule has 0 saturated carbocycles. The molecule has 2 saturated heterocycles. The summed E-state index contributed by atoms with van der Waals surface area (Å²) in [5, 5.41) is 3.42. The number of nitrogens with one attached hydrogen (secondary N) is 1. The van der Waals surface area contributed by atoms with Gasteiger partial charge in [-0.05, 0) is 49.2 Å². The fourth-order valence-electron chi connectivity index (χ4n) is 4.24. The summed E-state index contributed by atoms with van der Waals surface area (Å²) in [5.74, 6) is -0.305. The number of nitrogens with zero attached hydrogens (tertiary/aromatic N) is 3. The lowest BCUT2D eigenvalue weighted by Gasteiger charge is -2.26. The first kappa shape index (κ1) is 22.9. The summed E-state index contributed by atoms with van der Waals surface area (Å²) in [6.45, 7) is 2.41. The first-order valence-electron chi connectivity index (χ1n) is 11.4. The number of carbonyl (C=O) groups is 1. The van der Waals surface area contributed by atoms with Gasteiger partial charge in [-0.15, -0.1) is 0 Å². The molecule has 1 aromatic carbocycles. The van der Waals surface area contributed by atoms with E-state index in [9.17, 15) is 13.2 Å². The molecule has 0 aliphatic carbocycles. The van der Waals surface area contributed by atoms with Crippen LogP contribution in [0.4, 0.5) is 0 Å². The second-order valence-electron chi connectivity index (χ2n) is 8.31. The predicted octanol–water partition coefficient (Wildman–Crippen LogP) is 2.23. The van der Waals surface area contributed by atoms with Crippen molar-refractivity contribution in [1.82, 2.24) is 19.6 Å². The number of carbonyl (C=O) groups excluding carboxylic acids is 1. The number of rotatable bonds is 6. The van der Waals surface area contributed by atoms with Crippen molar-refractivity contribution in [2.45, 2.75) is 23.8 Å². The SMILES string of the molecule is O=C(NC[C@@H]1CCCO1)c1cc(-c2ccccn2)nc2ccc(S(=O)(=O)N3CCOCC3)cc12. The number of morpholine rings is 1. The summed E-state index contributed by atoms with van der Waals surface area (Å²) in [7, 11) is -3.72. The number of amides is 1. The van der Waals surface area contributed by atoms with Gasteiger partial charge in [0.2, 0.25) is 10.0 Å². The largest absolute Gasteiger partial charge is 0.379 e. The minimum absolute atomic E-state index is 0.00966. The van der Waals surface area contributed by atoms with Gasteiger partial charge >= 0.3 is 0 Å². The lowest BCUT2D eigenvalue weighted by molar-refractivity contribution is 0.0730. The van der Waals surface area contributed by atoms with Gasteiger partial charge in [0.1, 0.15) is 0 Å². The van der Waals surface area contributed by atoms with Crippen molar-refractivity contribution in [2.24, 2.45) is 0 Å². The summed E-state index contributed by atoms with van der Waals surface area (Å²) in [6, 6.07) is 11.9. The molecule has 1 amide bonds. The maximum atomic E-state index is 13.3. The molecule has 0 spiro atoms. The van der Waals surface area contributed by atoms with Crippen LogP contribution in [0.2, 0.25) is 0 Å². The Kier molecular flexibility index (Phi) is 6.55. The molecule has 1 atom stereocenters. The number of sulfonamides is 1. The monoisotopic (exact) mass is 482 g/mol. The van der Waals surface area contributed by atoms with E-state index in [2.05, 4.69) is 15.3 Å². The quantitative estimate of drug-likeness (QED) is 0.574. The third kappa shape index (κ3) is 4.67. The van der Waals surface area contributed by atoms with Crippen molar-refractivity contribution >= 4 is 26.8 Å². The Morgan fingerprint density at radius 1 is 1.09 bits per heavy atom. The Hall–Kier alpha value is -2.92. The van der Waals surface area contributed by atoms with E-state index in [-0.39, 0.29) is 16.9 Å². The zero-order chi connectivity index (χ0) is 23.5. The van der Waals surface area contributed by atoms with Crippen LogP contribution in [0.25, 0.3) is 22.3 Å². The summed E-state index contributed by atoms with van der Waals surface area (Å²) in [6.07, 6.45) is 3.53. The highest BCUT2D eigenvalue weighted by Crippen LogP contribution is 2.28. The van der Waals surface area contributed by atoms with E-state index >= 15 is 0 Å². The summed E-state index contributed by atoms with van der Waals surface area (Å²) in [4.78, 5) is 22.4. The first-order chi connectivity index (χ1) is 16.5. The van der Waals surface area contributed by atoms with Gasteiger partial charge in [-0.2, -0.15) is 4.31 Å². The molecular weight excluding hydrogens is 456 g/mol. The van der Waals surface area contributed by atoms with Crippen LogP contribution in [0.15, 0.2) is 53.6 Å². The Morgan fingerprint density at radius 2 is 1.94 bits per heavy atom. The van der Waals surface area contributed by atoms with Crippen molar-refractivity contribution in [2.75, 3.05) is 39.5 Å². The lowest BCUT2D eigenvalue weighted by Crippen LogP contribution is -2.40. The third-order valence-corrected chi connectivity index (χ3v) is 7.97. The van der Waals surface area contributed by atoms with Gasteiger partial charge in [-0.3, -0.25) is 9.78 Å². The average Bonchev–Trinajstić information content (AvgIpc) is 3.41. The molecule has 2 aromatic heterocycles. The van der Waals surface area contributed by atoms with E-state index in [0.29, 0.717) is 67.3 Å². The van der Waals surface area contributed by atoms with Crippen LogP contribution in [0.3, 0.4) is 0 Å². The van der Waals surface area contributed by atoms with Crippen LogP contribution in [0.5, 0.6) is 0 Å². The minimum Gasteiger partial charge on any atom is -0.379 e. The van der Waals surface area contributed by atoms with Crippen LogP contribution >= 0.6 is 0 Å². The highest BCUT2D eigenvalue weighted by atomic mass is 32.2. The number of fused-ring (bicyclic) bond motifs is 1. The molecule has 9 nitrogen and oxygen atoms in total. The van der Waals surface area contributed by atoms with Crippen LogP contribution < -0.4 is 5.32 Å². The van der Waals surface area contributed by atoms with Gasteiger partial charge in [0.15, 0.2) is 0 Å².